The summed E-state index contributed by atoms with van der Waals surface area (Å²) in [7, 11) is 0. The van der Waals surface area contributed by atoms with Crippen molar-refractivity contribution in [1.29, 1.82) is 0 Å². The van der Waals surface area contributed by atoms with E-state index >= 15 is 0 Å². The summed E-state index contributed by atoms with van der Waals surface area (Å²) in [5.41, 5.74) is 0.297. The summed E-state index contributed by atoms with van der Waals surface area (Å²) in [4.78, 5) is 28.0. The van der Waals surface area contributed by atoms with Crippen LogP contribution in [-0.2, 0) is 16.1 Å². The van der Waals surface area contributed by atoms with Gasteiger partial charge in [-0.2, -0.15) is 0 Å². The zero-order valence-corrected chi connectivity index (χ0v) is 19.6. The molecule has 2 amide bonds. The van der Waals surface area contributed by atoms with Gasteiger partial charge in [-0.1, -0.05) is 37.7 Å². The molecule has 9 heteroatoms. The average molecular weight is 454 g/mol. The number of amides is 2. The highest BCUT2D eigenvalue weighted by molar-refractivity contribution is 8.00. The number of anilines is 2. The lowest BCUT2D eigenvalue weighted by Crippen LogP contribution is -2.60. The lowest BCUT2D eigenvalue weighted by atomic mass is 9.96. The largest absolute Gasteiger partial charge is 0.461 e. The number of furan rings is 1. The van der Waals surface area contributed by atoms with Crippen molar-refractivity contribution in [3.8, 4) is 11.6 Å². The lowest BCUT2D eigenvalue weighted by molar-refractivity contribution is -0.126. The molecule has 1 N–H and O–H groups in total. The number of nitrogens with zero attached hydrogens (tertiary/aromatic N) is 4. The molecule has 0 fully saturated rings. The fraction of sp³-hybridized carbons (Fsp3) is 0.391. The highest BCUT2D eigenvalue weighted by Gasteiger charge is 2.45. The third kappa shape index (κ3) is 3.92. The first-order valence-corrected chi connectivity index (χ1v) is 11.5. The summed E-state index contributed by atoms with van der Waals surface area (Å²) in [6, 6.07) is 11.0. The molecule has 0 spiro atoms. The molecule has 3 aromatic rings. The van der Waals surface area contributed by atoms with Crippen LogP contribution in [0.15, 0.2) is 52.2 Å². The van der Waals surface area contributed by atoms with Gasteiger partial charge in [0, 0.05) is 6.54 Å². The van der Waals surface area contributed by atoms with Gasteiger partial charge in [0.05, 0.1) is 22.9 Å². The smallest absolute Gasteiger partial charge is 0.250 e. The van der Waals surface area contributed by atoms with E-state index in [-0.39, 0.29) is 11.8 Å². The van der Waals surface area contributed by atoms with Crippen LogP contribution in [0.2, 0.25) is 0 Å². The van der Waals surface area contributed by atoms with Crippen LogP contribution in [0.25, 0.3) is 11.6 Å². The predicted molar refractivity (Wildman–Crippen MR) is 125 cm³/mol. The molecule has 0 saturated carbocycles. The van der Waals surface area contributed by atoms with Crippen molar-refractivity contribution in [2.75, 3.05) is 10.2 Å². The van der Waals surface area contributed by atoms with Gasteiger partial charge in [0.25, 0.3) is 0 Å². The van der Waals surface area contributed by atoms with Gasteiger partial charge >= 0.3 is 0 Å². The maximum atomic E-state index is 13.6. The zero-order valence-electron chi connectivity index (χ0n) is 18.8. The third-order valence-electron chi connectivity index (χ3n) is 5.36. The number of carbonyl (C=O) groups excluding carboxylic acids is 2. The Labute approximate surface area is 191 Å². The highest BCUT2D eigenvalue weighted by atomic mass is 32.2. The number of benzene rings is 1. The van der Waals surface area contributed by atoms with E-state index in [4.69, 9.17) is 4.42 Å². The molecule has 8 nitrogen and oxygen atoms in total. The summed E-state index contributed by atoms with van der Waals surface area (Å²) in [6.45, 7) is 10.3. The van der Waals surface area contributed by atoms with Crippen LogP contribution in [-0.4, -0.2) is 37.4 Å². The Hall–Kier alpha value is -3.07. The number of aromatic nitrogens is 3. The molecule has 2 aromatic heterocycles. The number of hydrogen-bond donors (Lipinski definition) is 1. The molecule has 32 heavy (non-hydrogen) atoms. The standard InChI is InChI=1S/C23H27N5O3S/c1-14(2)13-27-19(18-11-8-12-31-18)25-26-22(27)32-15(3)20(29)28-17-10-7-6-9-16(17)24-21(30)23(28,4)5/h6-12,14-15H,13H2,1-5H3,(H,24,30). The molecule has 4 rings (SSSR count). The predicted octanol–water partition coefficient (Wildman–Crippen LogP) is 4.44. The molecule has 1 aliphatic rings. The number of rotatable bonds is 6. The van der Waals surface area contributed by atoms with Crippen molar-refractivity contribution in [3.63, 3.8) is 0 Å². The molecule has 3 heterocycles. The summed E-state index contributed by atoms with van der Waals surface area (Å²) < 4.78 is 7.51. The Kier molecular flexibility index (Phi) is 5.85. The first-order valence-electron chi connectivity index (χ1n) is 10.6. The number of nitrogens with one attached hydrogen (secondary N) is 1. The van der Waals surface area contributed by atoms with E-state index in [9.17, 15) is 9.59 Å². The first kappa shape index (κ1) is 22.1. The molecular formula is C23H27N5O3S. The molecule has 0 bridgehead atoms. The molecule has 1 aliphatic heterocycles. The van der Waals surface area contributed by atoms with E-state index in [2.05, 4.69) is 29.4 Å². The Morgan fingerprint density at radius 2 is 1.91 bits per heavy atom. The third-order valence-corrected chi connectivity index (χ3v) is 6.43. The lowest BCUT2D eigenvalue weighted by Gasteiger charge is -2.43. The molecule has 1 atom stereocenters. The van der Waals surface area contributed by atoms with Crippen molar-refractivity contribution in [1.82, 2.24) is 14.8 Å². The first-order chi connectivity index (χ1) is 15.2. The van der Waals surface area contributed by atoms with Gasteiger partial charge in [-0.05, 0) is 51.0 Å². The van der Waals surface area contributed by atoms with Crippen LogP contribution in [0.3, 0.4) is 0 Å². The number of fused-ring (bicyclic) bond motifs is 1. The average Bonchev–Trinajstić information content (AvgIpc) is 3.38. The zero-order chi connectivity index (χ0) is 23.0. The fourth-order valence-electron chi connectivity index (χ4n) is 3.73. The molecule has 0 saturated heterocycles. The molecular weight excluding hydrogens is 426 g/mol. The second kappa shape index (κ2) is 8.46. The number of hydrogen-bond acceptors (Lipinski definition) is 6. The second-order valence-corrected chi connectivity index (χ2v) is 10.1. The molecule has 0 radical (unpaired) electrons. The Morgan fingerprint density at radius 3 is 2.59 bits per heavy atom. The minimum absolute atomic E-state index is 0.166. The maximum Gasteiger partial charge on any atom is 0.250 e. The maximum absolute atomic E-state index is 13.6. The van der Waals surface area contributed by atoms with Gasteiger partial charge in [-0.3, -0.25) is 19.1 Å². The van der Waals surface area contributed by atoms with Crippen LogP contribution >= 0.6 is 11.8 Å². The van der Waals surface area contributed by atoms with E-state index in [1.807, 2.05) is 41.8 Å². The van der Waals surface area contributed by atoms with Gasteiger partial charge < -0.3 is 9.73 Å². The molecule has 168 valence electrons. The summed E-state index contributed by atoms with van der Waals surface area (Å²) in [6.07, 6.45) is 1.60. The monoisotopic (exact) mass is 453 g/mol. The van der Waals surface area contributed by atoms with E-state index in [0.29, 0.717) is 40.6 Å². The van der Waals surface area contributed by atoms with Crippen LogP contribution in [0.4, 0.5) is 11.4 Å². The van der Waals surface area contributed by atoms with E-state index in [1.165, 1.54) is 11.8 Å². The molecule has 1 aromatic carbocycles. The normalized spacial score (nSPS) is 16.1. The number of para-hydroxylation sites is 2. The topological polar surface area (TPSA) is 93.3 Å². The van der Waals surface area contributed by atoms with Gasteiger partial charge in [0.15, 0.2) is 16.7 Å². The Bertz CT molecular complexity index is 1140. The minimum atomic E-state index is -1.02. The minimum Gasteiger partial charge on any atom is -0.461 e. The highest BCUT2D eigenvalue weighted by Crippen LogP contribution is 2.39. The van der Waals surface area contributed by atoms with Gasteiger partial charge in [0.1, 0.15) is 5.54 Å². The molecule has 0 aliphatic carbocycles. The summed E-state index contributed by atoms with van der Waals surface area (Å²) in [5.74, 6) is 1.23. The summed E-state index contributed by atoms with van der Waals surface area (Å²) in [5, 5.41) is 11.7. The van der Waals surface area contributed by atoms with Crippen LogP contribution in [0, 0.1) is 5.92 Å². The van der Waals surface area contributed by atoms with Gasteiger partial charge in [-0.15, -0.1) is 10.2 Å². The Morgan fingerprint density at radius 1 is 1.16 bits per heavy atom. The number of carbonyl (C=O) groups is 2. The summed E-state index contributed by atoms with van der Waals surface area (Å²) >= 11 is 1.33. The SMILES string of the molecule is CC(C)Cn1c(SC(C)C(=O)N2c3ccccc3NC(=O)C2(C)C)nnc1-c1ccco1. The van der Waals surface area contributed by atoms with Crippen molar-refractivity contribution >= 4 is 35.0 Å². The quantitative estimate of drug-likeness (QED) is 0.555. The number of thioether (sulfide) groups is 1. The van der Waals surface area contributed by atoms with E-state index < -0.39 is 10.8 Å². The van der Waals surface area contributed by atoms with Crippen molar-refractivity contribution in [2.24, 2.45) is 5.92 Å². The van der Waals surface area contributed by atoms with Gasteiger partial charge in [0.2, 0.25) is 11.8 Å². The second-order valence-electron chi connectivity index (χ2n) is 8.75. The van der Waals surface area contributed by atoms with Gasteiger partial charge in [-0.25, -0.2) is 0 Å². The van der Waals surface area contributed by atoms with Crippen LogP contribution < -0.4 is 10.2 Å². The van der Waals surface area contributed by atoms with Crippen molar-refractivity contribution in [2.45, 2.75) is 57.1 Å². The van der Waals surface area contributed by atoms with Crippen molar-refractivity contribution < 1.29 is 14.0 Å². The van der Waals surface area contributed by atoms with E-state index in [1.54, 1.807) is 31.1 Å². The van der Waals surface area contributed by atoms with Crippen LogP contribution in [0.1, 0.15) is 34.6 Å². The van der Waals surface area contributed by atoms with Crippen LogP contribution in [0.5, 0.6) is 0 Å². The van der Waals surface area contributed by atoms with Crippen molar-refractivity contribution in [3.05, 3.63) is 42.7 Å². The molecule has 1 unspecified atom stereocenters. The Balaban J connectivity index is 1.65. The fourth-order valence-corrected chi connectivity index (χ4v) is 4.63. The van der Waals surface area contributed by atoms with E-state index in [0.717, 1.165) is 0 Å².